The molecule has 0 aromatic carbocycles. The molecule has 8 heteroatoms. The molecule has 104 valence electrons. The van der Waals surface area contributed by atoms with Crippen molar-refractivity contribution >= 4 is 34.7 Å². The van der Waals surface area contributed by atoms with Crippen LogP contribution in [-0.2, 0) is 9.53 Å². The molecular weight excluding hydrogens is 363 g/mol. The summed E-state index contributed by atoms with van der Waals surface area (Å²) < 4.78 is 29.6. The molecule has 0 bridgehead atoms. The molecule has 1 aliphatic rings. The fourth-order valence-electron chi connectivity index (χ4n) is 1.57. The number of hydrogen-bond acceptors (Lipinski definition) is 3. The smallest absolute Gasteiger partial charge is 0.412 e. The van der Waals surface area contributed by atoms with Crippen molar-refractivity contribution in [1.29, 1.82) is 0 Å². The maximum atomic E-state index is 13.3. The molecular formula is C10H14F2INO4. The Labute approximate surface area is 117 Å². The van der Waals surface area contributed by atoms with E-state index < -0.39 is 40.1 Å². The standard InChI is InChI=1S/C10H14F2INO4/c1-8(2,3)18-7(17)14-5-9(11,12)4-10(14,13)6(15)16/h4-5H2,1-3H3,(H,15,16). The van der Waals surface area contributed by atoms with E-state index in [4.69, 9.17) is 9.84 Å². The van der Waals surface area contributed by atoms with Crippen molar-refractivity contribution < 1.29 is 28.2 Å². The second-order valence-electron chi connectivity index (χ2n) is 5.16. The maximum absolute atomic E-state index is 13.3. The van der Waals surface area contributed by atoms with Gasteiger partial charge in [-0.05, 0) is 43.4 Å². The Morgan fingerprint density at radius 1 is 1.39 bits per heavy atom. The minimum Gasteiger partial charge on any atom is -0.479 e. The Morgan fingerprint density at radius 3 is 2.28 bits per heavy atom. The third kappa shape index (κ3) is 3.21. The maximum Gasteiger partial charge on any atom is 0.412 e. The number of carbonyl (C=O) groups is 2. The first-order valence-electron chi connectivity index (χ1n) is 5.18. The number of carbonyl (C=O) groups excluding carboxylic acids is 1. The third-order valence-electron chi connectivity index (χ3n) is 2.25. The summed E-state index contributed by atoms with van der Waals surface area (Å²) in [5.74, 6) is -4.71. The van der Waals surface area contributed by atoms with Crippen LogP contribution in [0.5, 0.6) is 0 Å². The molecule has 1 unspecified atom stereocenters. The zero-order valence-electron chi connectivity index (χ0n) is 10.2. The summed E-state index contributed by atoms with van der Waals surface area (Å²) in [6, 6.07) is 0. The minimum atomic E-state index is -3.23. The lowest BCUT2D eigenvalue weighted by atomic mass is 10.2. The van der Waals surface area contributed by atoms with Gasteiger partial charge in [-0.1, -0.05) is 0 Å². The van der Waals surface area contributed by atoms with Gasteiger partial charge in [0.1, 0.15) is 5.60 Å². The molecule has 1 atom stereocenters. The molecule has 1 fully saturated rings. The zero-order valence-corrected chi connectivity index (χ0v) is 12.3. The largest absolute Gasteiger partial charge is 0.479 e. The van der Waals surface area contributed by atoms with Crippen LogP contribution in [0.15, 0.2) is 0 Å². The number of halogens is 3. The van der Waals surface area contributed by atoms with E-state index in [0.29, 0.717) is 4.90 Å². The number of amides is 1. The minimum absolute atomic E-state index is 0.571. The first-order valence-corrected chi connectivity index (χ1v) is 6.26. The summed E-state index contributed by atoms with van der Waals surface area (Å²) in [4.78, 5) is 23.4. The quantitative estimate of drug-likeness (QED) is 0.433. The van der Waals surface area contributed by atoms with E-state index in [1.165, 1.54) is 22.6 Å². The van der Waals surface area contributed by atoms with Crippen molar-refractivity contribution in [1.82, 2.24) is 4.90 Å². The van der Waals surface area contributed by atoms with Crippen molar-refractivity contribution in [3.63, 3.8) is 0 Å². The molecule has 1 heterocycles. The van der Waals surface area contributed by atoms with Crippen molar-refractivity contribution in [2.45, 2.75) is 42.3 Å². The summed E-state index contributed by atoms with van der Waals surface area (Å²) in [6.45, 7) is 3.79. The van der Waals surface area contributed by atoms with Gasteiger partial charge >= 0.3 is 12.1 Å². The van der Waals surface area contributed by atoms with Crippen LogP contribution in [0, 0.1) is 0 Å². The average molecular weight is 377 g/mol. The van der Waals surface area contributed by atoms with Gasteiger partial charge in [0.2, 0.25) is 3.55 Å². The molecule has 1 aliphatic heterocycles. The lowest BCUT2D eigenvalue weighted by Crippen LogP contribution is -2.49. The van der Waals surface area contributed by atoms with Crippen molar-refractivity contribution in [2.24, 2.45) is 0 Å². The van der Waals surface area contributed by atoms with Crippen molar-refractivity contribution in [2.75, 3.05) is 6.54 Å². The second kappa shape index (κ2) is 4.46. The van der Waals surface area contributed by atoms with Crippen LogP contribution in [-0.4, -0.2) is 43.7 Å². The van der Waals surface area contributed by atoms with E-state index in [0.717, 1.165) is 0 Å². The van der Waals surface area contributed by atoms with Crippen LogP contribution in [0.2, 0.25) is 0 Å². The predicted octanol–water partition coefficient (Wildman–Crippen LogP) is 2.48. The van der Waals surface area contributed by atoms with E-state index in [-0.39, 0.29) is 0 Å². The SMILES string of the molecule is CC(C)(C)OC(=O)N1CC(F)(F)CC1(I)C(=O)O. The Morgan fingerprint density at radius 2 is 1.89 bits per heavy atom. The van der Waals surface area contributed by atoms with E-state index in [2.05, 4.69) is 0 Å². The lowest BCUT2D eigenvalue weighted by molar-refractivity contribution is -0.143. The van der Waals surface area contributed by atoms with Gasteiger partial charge in [-0.25, -0.2) is 18.4 Å². The number of likely N-dealkylation sites (tertiary alicyclic amines) is 1. The Hall–Kier alpha value is -0.670. The molecule has 1 N–H and O–H groups in total. The highest BCUT2D eigenvalue weighted by Gasteiger charge is 2.60. The van der Waals surface area contributed by atoms with Crippen LogP contribution in [0.4, 0.5) is 13.6 Å². The number of alkyl halides is 3. The highest BCUT2D eigenvalue weighted by molar-refractivity contribution is 14.1. The topological polar surface area (TPSA) is 66.8 Å². The van der Waals surface area contributed by atoms with Crippen LogP contribution in [0.3, 0.4) is 0 Å². The van der Waals surface area contributed by atoms with Gasteiger partial charge in [-0.15, -0.1) is 0 Å². The molecule has 1 saturated heterocycles. The average Bonchev–Trinajstić information content (AvgIpc) is 2.34. The molecule has 18 heavy (non-hydrogen) atoms. The molecule has 0 aromatic heterocycles. The number of ether oxygens (including phenoxy) is 1. The van der Waals surface area contributed by atoms with Crippen molar-refractivity contribution in [3.05, 3.63) is 0 Å². The Bertz CT molecular complexity index is 383. The van der Waals surface area contributed by atoms with Gasteiger partial charge in [-0.3, -0.25) is 4.90 Å². The van der Waals surface area contributed by atoms with Crippen LogP contribution in [0.1, 0.15) is 27.2 Å². The third-order valence-corrected chi connectivity index (χ3v) is 3.68. The first-order chi connectivity index (χ1) is 7.87. The number of hydrogen-bond donors (Lipinski definition) is 1. The van der Waals surface area contributed by atoms with Gasteiger partial charge in [0.05, 0.1) is 13.0 Å². The van der Waals surface area contributed by atoms with Gasteiger partial charge in [0.25, 0.3) is 5.92 Å². The predicted molar refractivity (Wildman–Crippen MR) is 66.9 cm³/mol. The van der Waals surface area contributed by atoms with Crippen molar-refractivity contribution in [3.8, 4) is 0 Å². The first kappa shape index (κ1) is 15.4. The fourth-order valence-corrected chi connectivity index (χ4v) is 2.49. The lowest BCUT2D eigenvalue weighted by Gasteiger charge is -2.30. The van der Waals surface area contributed by atoms with Crippen LogP contribution < -0.4 is 0 Å². The summed E-state index contributed by atoms with van der Waals surface area (Å²) in [5, 5.41) is 9.03. The van der Waals surface area contributed by atoms with E-state index in [9.17, 15) is 18.4 Å². The fraction of sp³-hybridized carbons (Fsp3) is 0.800. The summed E-state index contributed by atoms with van der Waals surface area (Å²) in [7, 11) is 0. The molecule has 0 aliphatic carbocycles. The highest BCUT2D eigenvalue weighted by atomic mass is 127. The number of nitrogens with zero attached hydrogens (tertiary/aromatic N) is 1. The van der Waals surface area contributed by atoms with E-state index in [1.807, 2.05) is 0 Å². The van der Waals surface area contributed by atoms with Gasteiger partial charge < -0.3 is 9.84 Å². The molecule has 0 radical (unpaired) electrons. The van der Waals surface area contributed by atoms with E-state index in [1.54, 1.807) is 20.8 Å². The van der Waals surface area contributed by atoms with E-state index >= 15 is 0 Å². The van der Waals surface area contributed by atoms with Crippen LogP contribution in [0.25, 0.3) is 0 Å². The second-order valence-corrected chi connectivity index (χ2v) is 6.95. The molecule has 1 rings (SSSR count). The number of carboxylic acid groups (broad SMARTS) is 1. The molecule has 0 spiro atoms. The summed E-state index contributed by atoms with van der Waals surface area (Å²) in [6.07, 6.45) is -1.97. The Balaban J connectivity index is 2.99. The number of carboxylic acids is 1. The number of aliphatic carboxylic acids is 1. The van der Waals surface area contributed by atoms with Gasteiger partial charge in [0.15, 0.2) is 0 Å². The summed E-state index contributed by atoms with van der Waals surface area (Å²) >= 11 is 1.35. The number of rotatable bonds is 1. The molecule has 0 aromatic rings. The van der Waals surface area contributed by atoms with Gasteiger partial charge in [-0.2, -0.15) is 0 Å². The normalized spacial score (nSPS) is 27.1. The van der Waals surface area contributed by atoms with Crippen LogP contribution >= 0.6 is 22.6 Å². The highest BCUT2D eigenvalue weighted by Crippen LogP contribution is 2.44. The molecule has 1 amide bonds. The molecule has 0 saturated carbocycles. The summed E-state index contributed by atoms with van der Waals surface area (Å²) in [5.41, 5.74) is -0.870. The monoisotopic (exact) mass is 377 g/mol. The molecule has 5 nitrogen and oxygen atoms in total. The zero-order chi connectivity index (χ0) is 14.4. The van der Waals surface area contributed by atoms with Gasteiger partial charge in [0, 0.05) is 0 Å². The Kier molecular flexibility index (Phi) is 3.81.